The maximum Gasteiger partial charge on any atom is -0.00138 e. The first-order valence-corrected chi connectivity index (χ1v) is 12.5. The Morgan fingerprint density at radius 3 is 1.04 bits per heavy atom. The largest absolute Gasteiger partial charge is 0.303 e. The molecule has 0 unspecified atom stereocenters. The molecule has 0 aromatic rings. The molecule has 0 saturated carbocycles. The highest BCUT2D eigenvalue weighted by molar-refractivity contribution is 4.68. The monoisotopic (exact) mass is 395 g/mol. The van der Waals surface area contributed by atoms with E-state index < -0.39 is 0 Å². The van der Waals surface area contributed by atoms with Crippen LogP contribution in [0.5, 0.6) is 0 Å². The van der Waals surface area contributed by atoms with Crippen LogP contribution in [0.15, 0.2) is 0 Å². The molecule has 0 spiro atoms. The normalized spacial score (nSPS) is 13.5. The molecule has 0 aromatic carbocycles. The minimum atomic E-state index is 0.456. The molecule has 0 heterocycles. The van der Waals surface area contributed by atoms with E-state index in [-0.39, 0.29) is 0 Å². The van der Waals surface area contributed by atoms with Gasteiger partial charge in [-0.15, -0.1) is 0 Å². The summed E-state index contributed by atoms with van der Waals surface area (Å²) in [6.07, 6.45) is 16.8. The number of hydrogen-bond donors (Lipinski definition) is 0. The number of rotatable bonds is 15. The number of unbranched alkanes of at least 4 members (excludes halogenated alkanes) is 7. The van der Waals surface area contributed by atoms with E-state index in [1.807, 2.05) is 0 Å². The van der Waals surface area contributed by atoms with Crippen molar-refractivity contribution in [3.8, 4) is 0 Å². The number of nitrogens with zero attached hydrogens (tertiary/aromatic N) is 1. The molecule has 170 valence electrons. The van der Waals surface area contributed by atoms with Gasteiger partial charge in [-0.1, -0.05) is 107 Å². The molecule has 0 bridgehead atoms. The van der Waals surface area contributed by atoms with Gasteiger partial charge in [0.05, 0.1) is 0 Å². The summed E-state index contributed by atoms with van der Waals surface area (Å²) in [4.78, 5) is 2.77. The Morgan fingerprint density at radius 1 is 0.357 bits per heavy atom. The molecular formula is C27H57N. The summed E-state index contributed by atoms with van der Waals surface area (Å²) in [6, 6.07) is 0. The molecule has 0 aliphatic carbocycles. The smallest absolute Gasteiger partial charge is 0.00138 e. The zero-order valence-corrected chi connectivity index (χ0v) is 21.6. The summed E-state index contributed by atoms with van der Waals surface area (Å²) < 4.78 is 0. The molecule has 1 nitrogen and oxygen atoms in total. The average molecular weight is 396 g/mol. The van der Waals surface area contributed by atoms with Crippen molar-refractivity contribution in [2.45, 2.75) is 139 Å². The molecule has 0 amide bonds. The molecule has 1 heteroatoms. The van der Waals surface area contributed by atoms with E-state index in [1.54, 1.807) is 0 Å². The second kappa shape index (κ2) is 14.1. The zero-order valence-electron chi connectivity index (χ0n) is 21.6. The third-order valence-corrected chi connectivity index (χ3v) is 5.73. The Bertz CT molecular complexity index is 350. The summed E-state index contributed by atoms with van der Waals surface area (Å²) in [5.41, 5.74) is 1.47. The fourth-order valence-corrected chi connectivity index (χ4v) is 3.69. The topological polar surface area (TPSA) is 3.24 Å². The van der Waals surface area contributed by atoms with Gasteiger partial charge in [0.25, 0.3) is 0 Å². The van der Waals surface area contributed by atoms with Gasteiger partial charge >= 0.3 is 0 Å². The quantitative estimate of drug-likeness (QED) is 0.250. The number of hydrogen-bond acceptors (Lipinski definition) is 1. The van der Waals surface area contributed by atoms with E-state index >= 15 is 0 Å². The maximum atomic E-state index is 2.77. The van der Waals surface area contributed by atoms with Crippen LogP contribution in [0.4, 0.5) is 0 Å². The highest BCUT2D eigenvalue weighted by atomic mass is 15.1. The van der Waals surface area contributed by atoms with Crippen LogP contribution in [0.25, 0.3) is 0 Å². The van der Waals surface area contributed by atoms with Gasteiger partial charge in [0.1, 0.15) is 0 Å². The van der Waals surface area contributed by atoms with Gasteiger partial charge in [-0.05, 0) is 68.0 Å². The van der Waals surface area contributed by atoms with Crippen LogP contribution >= 0.6 is 0 Å². The fourth-order valence-electron chi connectivity index (χ4n) is 3.69. The summed E-state index contributed by atoms with van der Waals surface area (Å²) in [7, 11) is 0. The van der Waals surface area contributed by atoms with Crippen molar-refractivity contribution >= 4 is 0 Å². The fraction of sp³-hybridized carbons (Fsp3) is 1.00. The van der Waals surface area contributed by atoms with Crippen LogP contribution in [0.3, 0.4) is 0 Å². The van der Waals surface area contributed by atoms with Crippen LogP contribution in [0.1, 0.15) is 139 Å². The Kier molecular flexibility index (Phi) is 14.0. The van der Waals surface area contributed by atoms with Crippen molar-refractivity contribution in [1.29, 1.82) is 0 Å². The first kappa shape index (κ1) is 28.0. The first-order valence-electron chi connectivity index (χ1n) is 12.5. The van der Waals surface area contributed by atoms with Crippen molar-refractivity contribution in [1.82, 2.24) is 4.90 Å². The van der Waals surface area contributed by atoms with Gasteiger partial charge < -0.3 is 4.90 Å². The second-order valence-corrected chi connectivity index (χ2v) is 13.0. The van der Waals surface area contributed by atoms with E-state index in [9.17, 15) is 0 Å². The average Bonchev–Trinajstić information content (AvgIpc) is 2.51. The maximum absolute atomic E-state index is 2.77. The summed E-state index contributed by atoms with van der Waals surface area (Å²) in [6.45, 7) is 25.3. The lowest BCUT2D eigenvalue weighted by Crippen LogP contribution is -2.29. The lowest BCUT2D eigenvalue weighted by atomic mass is 9.89. The highest BCUT2D eigenvalue weighted by Gasteiger charge is 2.14. The molecular weight excluding hydrogens is 338 g/mol. The molecule has 0 fully saturated rings. The Balaban J connectivity index is 3.97. The molecule has 0 aromatic heterocycles. The van der Waals surface area contributed by atoms with Crippen LogP contribution in [-0.2, 0) is 0 Å². The Morgan fingerprint density at radius 2 is 0.679 bits per heavy atom. The van der Waals surface area contributed by atoms with Gasteiger partial charge in [0.2, 0.25) is 0 Å². The molecule has 0 N–H and O–H groups in total. The van der Waals surface area contributed by atoms with Crippen molar-refractivity contribution < 1.29 is 0 Å². The van der Waals surface area contributed by atoms with Crippen LogP contribution < -0.4 is 0 Å². The van der Waals surface area contributed by atoms with E-state index in [0.717, 1.165) is 0 Å². The molecule has 0 atom stereocenters. The van der Waals surface area contributed by atoms with Crippen molar-refractivity contribution in [3.05, 3.63) is 0 Å². The second-order valence-electron chi connectivity index (χ2n) is 13.0. The van der Waals surface area contributed by atoms with Gasteiger partial charge in [0, 0.05) is 0 Å². The lowest BCUT2D eigenvalue weighted by Gasteiger charge is -2.27. The molecule has 0 aliphatic heterocycles. The molecule has 0 aliphatic rings. The minimum Gasteiger partial charge on any atom is -0.303 e. The minimum absolute atomic E-state index is 0.456. The summed E-state index contributed by atoms with van der Waals surface area (Å²) >= 11 is 0. The van der Waals surface area contributed by atoms with Crippen LogP contribution in [0, 0.1) is 16.2 Å². The molecule has 0 saturated heterocycles. The van der Waals surface area contributed by atoms with E-state index in [1.165, 1.54) is 96.7 Å². The van der Waals surface area contributed by atoms with E-state index in [2.05, 4.69) is 67.2 Å². The van der Waals surface area contributed by atoms with Crippen LogP contribution in [-0.4, -0.2) is 24.5 Å². The standard InChI is InChI=1S/C27H57N/c1-25(2,3)19-15-11-10-13-17-22-28(24-21-27(7,8)9)23-18-14-12-16-20-26(4,5)6/h10-24H2,1-9H3. The third kappa shape index (κ3) is 22.3. The van der Waals surface area contributed by atoms with Gasteiger partial charge in [-0.25, -0.2) is 0 Å². The predicted octanol–water partition coefficient (Wildman–Crippen LogP) is 9.11. The molecule has 0 radical (unpaired) electrons. The van der Waals surface area contributed by atoms with Crippen molar-refractivity contribution in [2.75, 3.05) is 19.6 Å². The van der Waals surface area contributed by atoms with E-state index in [4.69, 9.17) is 0 Å². The Hall–Kier alpha value is -0.0400. The highest BCUT2D eigenvalue weighted by Crippen LogP contribution is 2.24. The zero-order chi connectivity index (χ0) is 21.7. The van der Waals surface area contributed by atoms with Gasteiger partial charge in [0.15, 0.2) is 0 Å². The van der Waals surface area contributed by atoms with Crippen molar-refractivity contribution in [2.24, 2.45) is 16.2 Å². The van der Waals surface area contributed by atoms with Crippen LogP contribution in [0.2, 0.25) is 0 Å². The predicted molar refractivity (Wildman–Crippen MR) is 130 cm³/mol. The lowest BCUT2D eigenvalue weighted by molar-refractivity contribution is 0.218. The van der Waals surface area contributed by atoms with E-state index in [0.29, 0.717) is 16.2 Å². The molecule has 0 rings (SSSR count). The SMILES string of the molecule is CC(C)(C)CCCCCCCN(CCCCCCC(C)(C)C)CCC(C)(C)C. The summed E-state index contributed by atoms with van der Waals surface area (Å²) in [5.74, 6) is 0. The van der Waals surface area contributed by atoms with Gasteiger partial charge in [-0.3, -0.25) is 0 Å². The van der Waals surface area contributed by atoms with Crippen molar-refractivity contribution in [3.63, 3.8) is 0 Å². The Labute approximate surface area is 180 Å². The van der Waals surface area contributed by atoms with Gasteiger partial charge in [-0.2, -0.15) is 0 Å². The summed E-state index contributed by atoms with van der Waals surface area (Å²) in [5, 5.41) is 0. The molecule has 28 heavy (non-hydrogen) atoms. The third-order valence-electron chi connectivity index (χ3n) is 5.73. The first-order chi connectivity index (χ1) is 12.8.